The van der Waals surface area contributed by atoms with E-state index >= 15 is 0 Å². The number of halogens is 1. The highest BCUT2D eigenvalue weighted by atomic mass is 35.5. The Morgan fingerprint density at radius 3 is 2.18 bits per heavy atom. The van der Waals surface area contributed by atoms with Crippen molar-refractivity contribution >= 4 is 35.2 Å². The van der Waals surface area contributed by atoms with Crippen molar-refractivity contribution in [2.45, 2.75) is 6.92 Å². The third kappa shape index (κ3) is 4.44. The van der Waals surface area contributed by atoms with Crippen LogP contribution in [0.2, 0.25) is 5.02 Å². The zero-order valence-corrected chi connectivity index (χ0v) is 19.3. The molecule has 0 radical (unpaired) electrons. The Labute approximate surface area is 199 Å². The van der Waals surface area contributed by atoms with Gasteiger partial charge in [-0.3, -0.25) is 13.9 Å². The van der Waals surface area contributed by atoms with E-state index in [-0.39, 0.29) is 10.5 Å². The first-order valence-electron chi connectivity index (χ1n) is 9.89. The molecule has 33 heavy (non-hydrogen) atoms. The van der Waals surface area contributed by atoms with Gasteiger partial charge in [-0.1, -0.05) is 41.4 Å². The average Bonchev–Trinajstić information content (AvgIpc) is 2.81. The lowest BCUT2D eigenvalue weighted by Crippen LogP contribution is -2.23. The molecule has 3 aromatic carbocycles. The van der Waals surface area contributed by atoms with E-state index < -0.39 is 11.4 Å². The van der Waals surface area contributed by atoms with E-state index in [4.69, 9.17) is 28.6 Å². The number of rotatable bonds is 5. The van der Waals surface area contributed by atoms with Crippen LogP contribution < -0.4 is 10.3 Å². The molecule has 0 saturated heterocycles. The summed E-state index contributed by atoms with van der Waals surface area (Å²) in [5, 5.41) is 19.8. The van der Waals surface area contributed by atoms with Crippen LogP contribution in [0.15, 0.2) is 87.8 Å². The van der Waals surface area contributed by atoms with Crippen molar-refractivity contribution < 1.29 is 9.84 Å². The lowest BCUT2D eigenvalue weighted by atomic mass is 10.2. The monoisotopic (exact) mass is 478 g/mol. The van der Waals surface area contributed by atoms with Gasteiger partial charge < -0.3 is 9.84 Å². The smallest absolute Gasteiger partial charge is 0.290 e. The predicted molar refractivity (Wildman–Crippen MR) is 131 cm³/mol. The summed E-state index contributed by atoms with van der Waals surface area (Å²) in [5.74, 6) is 0.0581. The largest absolute Gasteiger partial charge is 0.494 e. The Balaban J connectivity index is 2.00. The topological polar surface area (TPSA) is 81.1 Å². The molecule has 0 amide bonds. The van der Waals surface area contributed by atoms with Gasteiger partial charge in [0.25, 0.3) is 5.56 Å². The molecular formula is C24H19ClN4O3S. The van der Waals surface area contributed by atoms with Gasteiger partial charge in [0.1, 0.15) is 11.4 Å². The Bertz CT molecular complexity index is 1460. The highest BCUT2D eigenvalue weighted by Crippen LogP contribution is 2.32. The summed E-state index contributed by atoms with van der Waals surface area (Å²) in [7, 11) is 1.51. The molecule has 1 N–H and O–H groups in total. The molecule has 1 heterocycles. The second kappa shape index (κ2) is 9.40. The molecule has 0 fully saturated rings. The van der Waals surface area contributed by atoms with Gasteiger partial charge in [-0.15, -0.1) is 10.2 Å². The molecular weight excluding hydrogens is 460 g/mol. The first kappa shape index (κ1) is 22.4. The number of benzene rings is 3. The van der Waals surface area contributed by atoms with Crippen LogP contribution in [0.3, 0.4) is 0 Å². The van der Waals surface area contributed by atoms with Gasteiger partial charge in [-0.05, 0) is 67.7 Å². The molecule has 1 aromatic heterocycles. The minimum Gasteiger partial charge on any atom is -0.494 e. The normalized spacial score (nSPS) is 11.1. The molecule has 9 heteroatoms. The Morgan fingerprint density at radius 2 is 1.52 bits per heavy atom. The standard InChI is InChI=1S/C24H19ClN4O3S/c1-15-7-11-17(12-8-15)28-22(30)21(27-26-19-5-3-4-6-20(19)32-2)23(31)29(24(28)33)18-13-9-16(25)10-14-18/h3-14,30H,1-2H3. The number of ether oxygens (including phenoxy) is 1. The SMILES string of the molecule is COc1ccccc1N=Nc1c(O)n(-c2ccc(C)cc2)c(=S)n(-c2ccc(Cl)cc2)c1=O. The van der Waals surface area contributed by atoms with Crippen LogP contribution in [0, 0.1) is 11.7 Å². The Morgan fingerprint density at radius 1 is 0.909 bits per heavy atom. The number of hydrogen-bond donors (Lipinski definition) is 1. The number of aryl methyl sites for hydroxylation is 1. The molecule has 0 unspecified atom stereocenters. The summed E-state index contributed by atoms with van der Waals surface area (Å²) in [6.45, 7) is 1.95. The molecule has 0 spiro atoms. The molecule has 7 nitrogen and oxygen atoms in total. The van der Waals surface area contributed by atoms with Gasteiger partial charge in [-0.25, -0.2) is 0 Å². The molecule has 0 bridgehead atoms. The van der Waals surface area contributed by atoms with Gasteiger partial charge in [0.2, 0.25) is 11.6 Å². The molecule has 0 aliphatic heterocycles. The van der Waals surface area contributed by atoms with Crippen LogP contribution in [-0.2, 0) is 0 Å². The van der Waals surface area contributed by atoms with Gasteiger partial charge in [0, 0.05) is 5.02 Å². The Hall–Kier alpha value is -3.75. The van der Waals surface area contributed by atoms with Crippen LogP contribution in [0.5, 0.6) is 11.6 Å². The summed E-state index contributed by atoms with van der Waals surface area (Å²) in [5.41, 5.74) is 1.59. The first-order valence-corrected chi connectivity index (χ1v) is 10.7. The van der Waals surface area contributed by atoms with Crippen LogP contribution in [0.4, 0.5) is 11.4 Å². The fourth-order valence-electron chi connectivity index (χ4n) is 3.23. The number of nitrogens with zero attached hydrogens (tertiary/aromatic N) is 4. The Kier molecular flexibility index (Phi) is 6.39. The van der Waals surface area contributed by atoms with E-state index in [1.807, 2.05) is 19.1 Å². The van der Waals surface area contributed by atoms with E-state index in [0.717, 1.165) is 5.56 Å². The maximum absolute atomic E-state index is 13.4. The van der Waals surface area contributed by atoms with E-state index in [9.17, 15) is 9.90 Å². The van der Waals surface area contributed by atoms with E-state index in [2.05, 4.69) is 10.2 Å². The number of aromatic nitrogens is 2. The quantitative estimate of drug-likeness (QED) is 0.264. The summed E-state index contributed by atoms with van der Waals surface area (Å²) >= 11 is 11.6. The molecule has 0 atom stereocenters. The number of hydrogen-bond acceptors (Lipinski definition) is 6. The fourth-order valence-corrected chi connectivity index (χ4v) is 3.74. The summed E-state index contributed by atoms with van der Waals surface area (Å²) in [6, 6.07) is 20.9. The maximum atomic E-state index is 13.4. The van der Waals surface area contributed by atoms with Crippen molar-refractivity contribution in [1.29, 1.82) is 0 Å². The maximum Gasteiger partial charge on any atom is 0.290 e. The lowest BCUT2D eigenvalue weighted by Gasteiger charge is -2.16. The van der Waals surface area contributed by atoms with Crippen molar-refractivity contribution in [3.63, 3.8) is 0 Å². The van der Waals surface area contributed by atoms with Crippen LogP contribution in [0.25, 0.3) is 11.4 Å². The van der Waals surface area contributed by atoms with E-state index in [0.29, 0.717) is 27.8 Å². The van der Waals surface area contributed by atoms with Crippen molar-refractivity contribution in [2.24, 2.45) is 10.2 Å². The molecule has 4 aromatic rings. The predicted octanol–water partition coefficient (Wildman–Crippen LogP) is 6.45. The number of aromatic hydroxyl groups is 1. The van der Waals surface area contributed by atoms with Crippen molar-refractivity contribution in [2.75, 3.05) is 7.11 Å². The summed E-state index contributed by atoms with van der Waals surface area (Å²) in [6.07, 6.45) is 0. The molecule has 0 aliphatic carbocycles. The van der Waals surface area contributed by atoms with Crippen molar-refractivity contribution in [1.82, 2.24) is 9.13 Å². The fraction of sp³-hybridized carbons (Fsp3) is 0.0833. The highest BCUT2D eigenvalue weighted by Gasteiger charge is 2.19. The van der Waals surface area contributed by atoms with Crippen LogP contribution in [-0.4, -0.2) is 21.4 Å². The van der Waals surface area contributed by atoms with E-state index in [1.54, 1.807) is 60.7 Å². The van der Waals surface area contributed by atoms with Crippen molar-refractivity contribution in [3.8, 4) is 23.0 Å². The van der Waals surface area contributed by atoms with Gasteiger partial charge in [-0.2, -0.15) is 0 Å². The molecule has 0 saturated carbocycles. The highest BCUT2D eigenvalue weighted by molar-refractivity contribution is 7.71. The number of methoxy groups -OCH3 is 1. The first-order chi connectivity index (χ1) is 15.9. The minimum atomic E-state index is -0.623. The number of azo groups is 1. The zero-order valence-electron chi connectivity index (χ0n) is 17.8. The lowest BCUT2D eigenvalue weighted by molar-refractivity contribution is 0.415. The molecule has 4 rings (SSSR count). The van der Waals surface area contributed by atoms with Crippen LogP contribution in [0.1, 0.15) is 5.56 Å². The minimum absolute atomic E-state index is 0.0694. The third-order valence-corrected chi connectivity index (χ3v) is 5.55. The second-order valence-corrected chi connectivity index (χ2v) is 7.92. The van der Waals surface area contributed by atoms with Gasteiger partial charge >= 0.3 is 0 Å². The summed E-state index contributed by atoms with van der Waals surface area (Å²) < 4.78 is 8.01. The molecule has 0 aliphatic rings. The molecule has 166 valence electrons. The van der Waals surface area contributed by atoms with Crippen molar-refractivity contribution in [3.05, 3.63) is 98.5 Å². The van der Waals surface area contributed by atoms with Gasteiger partial charge in [0.15, 0.2) is 4.77 Å². The number of para-hydroxylation sites is 1. The van der Waals surface area contributed by atoms with E-state index in [1.165, 1.54) is 16.2 Å². The zero-order chi connectivity index (χ0) is 23.5. The second-order valence-electron chi connectivity index (χ2n) is 7.11. The third-order valence-electron chi connectivity index (χ3n) is 4.93. The summed E-state index contributed by atoms with van der Waals surface area (Å²) in [4.78, 5) is 13.4. The average molecular weight is 479 g/mol. The van der Waals surface area contributed by atoms with Gasteiger partial charge in [0.05, 0.1) is 18.5 Å². The van der Waals surface area contributed by atoms with Crippen LogP contribution >= 0.6 is 23.8 Å².